The molecule has 0 atom stereocenters. The van der Waals surface area contributed by atoms with Gasteiger partial charge in [-0.1, -0.05) is 0 Å². The number of piperidine rings is 1. The molecule has 0 aromatic rings. The summed E-state index contributed by atoms with van der Waals surface area (Å²) in [5, 5.41) is 8.85. The summed E-state index contributed by atoms with van der Waals surface area (Å²) in [5.74, 6) is 0. The smallest absolute Gasteiger partial charge is 0.0628 e. The largest absolute Gasteiger partial charge is 0.395 e. The van der Waals surface area contributed by atoms with Crippen molar-refractivity contribution in [2.45, 2.75) is 44.0 Å². The van der Waals surface area contributed by atoms with Crippen LogP contribution < -0.4 is 0 Å². The summed E-state index contributed by atoms with van der Waals surface area (Å²) >= 11 is 0. The third kappa shape index (κ3) is 3.17. The predicted molar refractivity (Wildman–Crippen MR) is 61.5 cm³/mol. The van der Waals surface area contributed by atoms with Crippen LogP contribution >= 0.6 is 0 Å². The minimum atomic E-state index is 0.268. The SMILES string of the molecule is COC1CC(OC2CCN(CCO)CC2)C1. The van der Waals surface area contributed by atoms with Crippen LogP contribution in [0.5, 0.6) is 0 Å². The first-order valence-electron chi connectivity index (χ1n) is 6.33. The fraction of sp³-hybridized carbons (Fsp3) is 1.00. The Balaban J connectivity index is 1.59. The minimum Gasteiger partial charge on any atom is -0.395 e. The molecule has 2 rings (SSSR count). The Bertz CT molecular complexity index is 198. The molecule has 2 fully saturated rings. The highest BCUT2D eigenvalue weighted by Gasteiger charge is 2.32. The van der Waals surface area contributed by atoms with Gasteiger partial charge >= 0.3 is 0 Å². The number of rotatable bonds is 5. The maximum Gasteiger partial charge on any atom is 0.0628 e. The van der Waals surface area contributed by atoms with E-state index in [2.05, 4.69) is 4.90 Å². The second-order valence-corrected chi connectivity index (χ2v) is 4.85. The van der Waals surface area contributed by atoms with Crippen molar-refractivity contribution >= 4 is 0 Å². The molecule has 1 saturated carbocycles. The summed E-state index contributed by atoms with van der Waals surface area (Å²) in [5.41, 5.74) is 0. The van der Waals surface area contributed by atoms with Crippen molar-refractivity contribution < 1.29 is 14.6 Å². The van der Waals surface area contributed by atoms with Gasteiger partial charge in [-0.25, -0.2) is 0 Å². The van der Waals surface area contributed by atoms with E-state index in [4.69, 9.17) is 14.6 Å². The van der Waals surface area contributed by atoms with Gasteiger partial charge in [0.15, 0.2) is 0 Å². The molecule has 16 heavy (non-hydrogen) atoms. The fourth-order valence-corrected chi connectivity index (χ4v) is 2.50. The third-order valence-corrected chi connectivity index (χ3v) is 3.72. The van der Waals surface area contributed by atoms with Gasteiger partial charge in [-0.2, -0.15) is 0 Å². The zero-order chi connectivity index (χ0) is 11.4. The normalized spacial score (nSPS) is 32.6. The molecule has 1 aliphatic carbocycles. The number of ether oxygens (including phenoxy) is 2. The molecule has 0 spiro atoms. The van der Waals surface area contributed by atoms with Crippen LogP contribution in [0.3, 0.4) is 0 Å². The van der Waals surface area contributed by atoms with Crippen LogP contribution in [-0.4, -0.2) is 61.7 Å². The molecule has 94 valence electrons. The molecule has 0 radical (unpaired) electrons. The predicted octanol–water partition coefficient (Wildman–Crippen LogP) is 0.637. The Kier molecular flexibility index (Phi) is 4.58. The van der Waals surface area contributed by atoms with Crippen molar-refractivity contribution in [2.24, 2.45) is 0 Å². The Morgan fingerprint density at radius 2 is 1.81 bits per heavy atom. The molecular formula is C12H23NO3. The van der Waals surface area contributed by atoms with Gasteiger partial charge in [-0.3, -0.25) is 0 Å². The first-order chi connectivity index (χ1) is 7.81. The van der Waals surface area contributed by atoms with E-state index in [0.717, 1.165) is 45.3 Å². The lowest BCUT2D eigenvalue weighted by Crippen LogP contribution is -2.43. The van der Waals surface area contributed by atoms with Crippen LogP contribution in [0, 0.1) is 0 Å². The van der Waals surface area contributed by atoms with Crippen molar-refractivity contribution in [1.29, 1.82) is 0 Å². The van der Waals surface area contributed by atoms with Gasteiger partial charge in [-0.05, 0) is 25.7 Å². The summed E-state index contributed by atoms with van der Waals surface area (Å²) in [6, 6.07) is 0. The van der Waals surface area contributed by atoms with E-state index >= 15 is 0 Å². The lowest BCUT2D eigenvalue weighted by molar-refractivity contribution is -0.126. The van der Waals surface area contributed by atoms with Gasteiger partial charge in [0.2, 0.25) is 0 Å². The number of aliphatic hydroxyl groups excluding tert-OH is 1. The van der Waals surface area contributed by atoms with Crippen LogP contribution in [0.2, 0.25) is 0 Å². The van der Waals surface area contributed by atoms with E-state index in [1.165, 1.54) is 0 Å². The van der Waals surface area contributed by atoms with Gasteiger partial charge < -0.3 is 19.5 Å². The highest BCUT2D eigenvalue weighted by molar-refractivity contribution is 4.83. The highest BCUT2D eigenvalue weighted by atomic mass is 16.5. The number of nitrogens with zero attached hydrogens (tertiary/aromatic N) is 1. The number of likely N-dealkylation sites (tertiary alicyclic amines) is 1. The van der Waals surface area contributed by atoms with Crippen LogP contribution in [0.15, 0.2) is 0 Å². The lowest BCUT2D eigenvalue weighted by Gasteiger charge is -2.39. The Morgan fingerprint density at radius 3 is 2.38 bits per heavy atom. The second-order valence-electron chi connectivity index (χ2n) is 4.85. The topological polar surface area (TPSA) is 41.9 Å². The molecule has 4 heteroatoms. The lowest BCUT2D eigenvalue weighted by atomic mass is 9.91. The Labute approximate surface area is 97.5 Å². The maximum atomic E-state index is 8.85. The summed E-state index contributed by atoms with van der Waals surface area (Å²) in [7, 11) is 1.77. The average molecular weight is 229 g/mol. The van der Waals surface area contributed by atoms with Gasteiger partial charge in [0.1, 0.15) is 0 Å². The monoisotopic (exact) mass is 229 g/mol. The van der Waals surface area contributed by atoms with Crippen molar-refractivity contribution in [1.82, 2.24) is 4.90 Å². The Morgan fingerprint density at radius 1 is 1.12 bits per heavy atom. The van der Waals surface area contributed by atoms with Crippen molar-refractivity contribution in [3.8, 4) is 0 Å². The number of β-amino-alcohol motifs (C(OH)–C–C–N with tert-alkyl or cyclic N) is 1. The molecule has 0 aromatic heterocycles. The summed E-state index contributed by atoms with van der Waals surface area (Å²) < 4.78 is 11.3. The van der Waals surface area contributed by atoms with Gasteiger partial charge in [0, 0.05) is 26.7 Å². The van der Waals surface area contributed by atoms with Gasteiger partial charge in [0.25, 0.3) is 0 Å². The first kappa shape index (κ1) is 12.3. The molecule has 4 nitrogen and oxygen atoms in total. The minimum absolute atomic E-state index is 0.268. The van der Waals surface area contributed by atoms with E-state index < -0.39 is 0 Å². The van der Waals surface area contributed by atoms with E-state index in [0.29, 0.717) is 18.3 Å². The summed E-state index contributed by atoms with van der Waals surface area (Å²) in [4.78, 5) is 2.30. The van der Waals surface area contributed by atoms with E-state index in [-0.39, 0.29) is 6.61 Å². The fourth-order valence-electron chi connectivity index (χ4n) is 2.50. The van der Waals surface area contributed by atoms with E-state index in [9.17, 15) is 0 Å². The van der Waals surface area contributed by atoms with Crippen LogP contribution in [0.1, 0.15) is 25.7 Å². The second kappa shape index (κ2) is 5.96. The zero-order valence-electron chi connectivity index (χ0n) is 10.1. The molecular weight excluding hydrogens is 206 g/mol. The van der Waals surface area contributed by atoms with Gasteiger partial charge in [0.05, 0.1) is 24.9 Å². The van der Waals surface area contributed by atoms with Crippen molar-refractivity contribution in [3.05, 3.63) is 0 Å². The average Bonchev–Trinajstić information content (AvgIpc) is 2.25. The molecule has 0 unspecified atom stereocenters. The number of hydrogen-bond acceptors (Lipinski definition) is 4. The van der Waals surface area contributed by atoms with Crippen LogP contribution in [0.25, 0.3) is 0 Å². The molecule has 0 bridgehead atoms. The standard InChI is InChI=1S/C12H23NO3/c1-15-11-8-12(9-11)16-10-2-4-13(5-3-10)6-7-14/h10-12,14H,2-9H2,1H3. The third-order valence-electron chi connectivity index (χ3n) is 3.72. The molecule has 0 amide bonds. The first-order valence-corrected chi connectivity index (χ1v) is 6.33. The number of methoxy groups -OCH3 is 1. The summed E-state index contributed by atoms with van der Waals surface area (Å²) in [6.45, 7) is 3.20. The molecule has 1 aliphatic heterocycles. The maximum absolute atomic E-state index is 8.85. The van der Waals surface area contributed by atoms with E-state index in [1.807, 2.05) is 0 Å². The highest BCUT2D eigenvalue weighted by Crippen LogP contribution is 2.28. The van der Waals surface area contributed by atoms with Crippen molar-refractivity contribution in [3.63, 3.8) is 0 Å². The molecule has 1 saturated heterocycles. The quantitative estimate of drug-likeness (QED) is 0.751. The van der Waals surface area contributed by atoms with Crippen LogP contribution in [0.4, 0.5) is 0 Å². The molecule has 1 N–H and O–H groups in total. The number of aliphatic hydroxyl groups is 1. The number of hydrogen-bond donors (Lipinski definition) is 1. The van der Waals surface area contributed by atoms with Crippen LogP contribution in [-0.2, 0) is 9.47 Å². The van der Waals surface area contributed by atoms with Gasteiger partial charge in [-0.15, -0.1) is 0 Å². The van der Waals surface area contributed by atoms with E-state index in [1.54, 1.807) is 7.11 Å². The molecule has 1 heterocycles. The molecule has 2 aliphatic rings. The Hall–Kier alpha value is -0.160. The zero-order valence-corrected chi connectivity index (χ0v) is 10.1. The van der Waals surface area contributed by atoms with Crippen molar-refractivity contribution in [2.75, 3.05) is 33.4 Å². The summed E-state index contributed by atoms with van der Waals surface area (Å²) in [6.07, 6.45) is 5.62. The molecule has 0 aromatic carbocycles.